The highest BCUT2D eigenvalue weighted by molar-refractivity contribution is 6.05. The van der Waals surface area contributed by atoms with E-state index in [4.69, 9.17) is 9.40 Å². The molecule has 1 heterocycles. The highest BCUT2D eigenvalue weighted by Crippen LogP contribution is 2.50. The zero-order valence-corrected chi connectivity index (χ0v) is 29.6. The molecule has 1 aliphatic carbocycles. The first-order chi connectivity index (χ1) is 26.0. The molecule has 9 aromatic rings. The van der Waals surface area contributed by atoms with Crippen molar-refractivity contribution < 1.29 is 4.42 Å². The van der Waals surface area contributed by atoms with Crippen molar-refractivity contribution in [2.75, 3.05) is 4.90 Å². The average molecular weight is 681 g/mol. The van der Waals surface area contributed by atoms with Crippen LogP contribution in [0, 0.1) is 0 Å². The maximum atomic E-state index is 6.15. The fourth-order valence-electron chi connectivity index (χ4n) is 8.16. The van der Waals surface area contributed by atoms with E-state index in [0.717, 1.165) is 55.6 Å². The summed E-state index contributed by atoms with van der Waals surface area (Å²) < 4.78 is 6.15. The molecule has 0 amide bonds. The average Bonchev–Trinajstić information content (AvgIpc) is 3.76. The van der Waals surface area contributed by atoms with E-state index in [1.807, 2.05) is 36.4 Å². The summed E-state index contributed by atoms with van der Waals surface area (Å²) in [5, 5.41) is 2.22. The predicted molar refractivity (Wildman–Crippen MR) is 220 cm³/mol. The number of aromatic nitrogens is 1. The van der Waals surface area contributed by atoms with Crippen LogP contribution in [0.5, 0.6) is 0 Å². The summed E-state index contributed by atoms with van der Waals surface area (Å²) in [6.45, 7) is 4.67. The normalized spacial score (nSPS) is 12.9. The van der Waals surface area contributed by atoms with Crippen LogP contribution in [0.4, 0.5) is 17.1 Å². The van der Waals surface area contributed by atoms with Crippen LogP contribution in [0.25, 0.3) is 66.7 Å². The summed E-state index contributed by atoms with van der Waals surface area (Å²) in [4.78, 5) is 7.28. The molecule has 0 spiro atoms. The molecule has 252 valence electrons. The van der Waals surface area contributed by atoms with E-state index in [1.54, 1.807) is 0 Å². The molecule has 0 fully saturated rings. The molecule has 0 saturated carbocycles. The molecular weight excluding hydrogens is 645 g/mol. The molecule has 1 aromatic heterocycles. The highest BCUT2D eigenvalue weighted by Gasteiger charge is 2.35. The van der Waals surface area contributed by atoms with Gasteiger partial charge < -0.3 is 9.32 Å². The topological polar surface area (TPSA) is 29.3 Å². The Morgan fingerprint density at radius 3 is 1.89 bits per heavy atom. The van der Waals surface area contributed by atoms with Crippen LogP contribution in [-0.4, -0.2) is 4.98 Å². The van der Waals surface area contributed by atoms with E-state index in [9.17, 15) is 0 Å². The largest absolute Gasteiger partial charge is 0.436 e. The quantitative estimate of drug-likeness (QED) is 0.175. The third kappa shape index (κ3) is 5.24. The standard InChI is InChI=1S/C50H36N2O/c1-50(2)45-19-10-9-18-43(45)44-32-41(26-28-46(44)50)52(40-17-11-16-36(31-40)33-12-5-3-6-13-33)39-24-20-34(21-25-39)37-22-27-42-38(30-37)23-29-47-48(42)51-49(53-47)35-14-7-4-8-15-35/h3-32H,1-2H3. The SMILES string of the molecule is CC1(C)c2ccccc2-c2cc(N(c3ccc(-c4ccc5c(ccc6oc(-c7ccccc7)nc65)c4)cc3)c3cccc(-c4ccccc4)c3)ccc21. The summed E-state index contributed by atoms with van der Waals surface area (Å²) in [6.07, 6.45) is 0. The smallest absolute Gasteiger partial charge is 0.227 e. The molecule has 0 atom stereocenters. The zero-order valence-electron chi connectivity index (χ0n) is 29.6. The van der Waals surface area contributed by atoms with Gasteiger partial charge in [-0.3, -0.25) is 0 Å². The van der Waals surface area contributed by atoms with Crippen molar-refractivity contribution in [3.63, 3.8) is 0 Å². The summed E-state index contributed by atoms with van der Waals surface area (Å²) >= 11 is 0. The van der Waals surface area contributed by atoms with Crippen LogP contribution in [-0.2, 0) is 5.41 Å². The lowest BCUT2D eigenvalue weighted by Crippen LogP contribution is -2.15. The van der Waals surface area contributed by atoms with Gasteiger partial charge in [0, 0.05) is 33.4 Å². The molecular formula is C50H36N2O. The highest BCUT2D eigenvalue weighted by atomic mass is 16.3. The second kappa shape index (κ2) is 12.2. The van der Waals surface area contributed by atoms with E-state index in [-0.39, 0.29) is 5.41 Å². The van der Waals surface area contributed by atoms with E-state index >= 15 is 0 Å². The third-order valence-corrected chi connectivity index (χ3v) is 10.9. The first kappa shape index (κ1) is 31.1. The molecule has 0 unspecified atom stereocenters. The van der Waals surface area contributed by atoms with Gasteiger partial charge in [0.05, 0.1) is 0 Å². The number of rotatable bonds is 6. The lowest BCUT2D eigenvalue weighted by Gasteiger charge is -2.28. The van der Waals surface area contributed by atoms with Gasteiger partial charge >= 0.3 is 0 Å². The van der Waals surface area contributed by atoms with Gasteiger partial charge in [-0.15, -0.1) is 0 Å². The van der Waals surface area contributed by atoms with Crippen molar-refractivity contribution in [3.8, 4) is 44.8 Å². The van der Waals surface area contributed by atoms with Crippen molar-refractivity contribution in [1.82, 2.24) is 4.98 Å². The molecule has 8 aromatic carbocycles. The second-order valence-electron chi connectivity index (χ2n) is 14.4. The molecule has 0 N–H and O–H groups in total. The lowest BCUT2D eigenvalue weighted by atomic mass is 9.82. The third-order valence-electron chi connectivity index (χ3n) is 10.9. The Bertz CT molecular complexity index is 2800. The molecule has 10 rings (SSSR count). The number of nitrogens with zero attached hydrogens (tertiary/aromatic N) is 2. The van der Waals surface area contributed by atoms with E-state index in [2.05, 4.69) is 164 Å². The number of oxazole rings is 1. The summed E-state index contributed by atoms with van der Waals surface area (Å²) in [5.74, 6) is 0.642. The Labute approximate surface area is 309 Å². The minimum Gasteiger partial charge on any atom is -0.436 e. The van der Waals surface area contributed by atoms with Crippen LogP contribution in [0.1, 0.15) is 25.0 Å². The molecule has 0 saturated heterocycles. The minimum atomic E-state index is -0.0480. The van der Waals surface area contributed by atoms with Gasteiger partial charge in [-0.2, -0.15) is 0 Å². The monoisotopic (exact) mass is 680 g/mol. The zero-order chi connectivity index (χ0) is 35.5. The number of hydrogen-bond acceptors (Lipinski definition) is 3. The summed E-state index contributed by atoms with van der Waals surface area (Å²) in [6, 6.07) is 65.1. The molecule has 0 bridgehead atoms. The lowest BCUT2D eigenvalue weighted by molar-refractivity contribution is 0.620. The van der Waals surface area contributed by atoms with Gasteiger partial charge in [0.15, 0.2) is 5.58 Å². The molecule has 0 radical (unpaired) electrons. The van der Waals surface area contributed by atoms with Crippen molar-refractivity contribution >= 4 is 38.9 Å². The maximum Gasteiger partial charge on any atom is 0.227 e. The van der Waals surface area contributed by atoms with Crippen molar-refractivity contribution in [3.05, 3.63) is 193 Å². The van der Waals surface area contributed by atoms with Crippen LogP contribution in [0.2, 0.25) is 0 Å². The fourth-order valence-corrected chi connectivity index (χ4v) is 8.16. The second-order valence-corrected chi connectivity index (χ2v) is 14.4. The molecule has 3 heteroatoms. The van der Waals surface area contributed by atoms with Crippen molar-refractivity contribution in [2.24, 2.45) is 0 Å². The number of benzene rings is 8. The van der Waals surface area contributed by atoms with E-state index in [0.29, 0.717) is 5.89 Å². The van der Waals surface area contributed by atoms with Crippen LogP contribution in [0.15, 0.2) is 186 Å². The van der Waals surface area contributed by atoms with Gasteiger partial charge in [-0.1, -0.05) is 135 Å². The molecule has 3 nitrogen and oxygen atoms in total. The summed E-state index contributed by atoms with van der Waals surface area (Å²) in [5.41, 5.74) is 16.0. The first-order valence-electron chi connectivity index (χ1n) is 18.2. The van der Waals surface area contributed by atoms with Crippen LogP contribution < -0.4 is 4.90 Å². The van der Waals surface area contributed by atoms with Gasteiger partial charge in [-0.05, 0) is 111 Å². The Morgan fingerprint density at radius 2 is 1.08 bits per heavy atom. The number of anilines is 3. The fraction of sp³-hybridized carbons (Fsp3) is 0.0600. The Balaban J connectivity index is 1.05. The maximum absolute atomic E-state index is 6.15. The minimum absolute atomic E-state index is 0.0480. The van der Waals surface area contributed by atoms with E-state index < -0.39 is 0 Å². The van der Waals surface area contributed by atoms with E-state index in [1.165, 1.54) is 33.4 Å². The number of hydrogen-bond donors (Lipinski definition) is 0. The Hall–Kier alpha value is -6.71. The van der Waals surface area contributed by atoms with Gasteiger partial charge in [0.1, 0.15) is 5.52 Å². The number of fused-ring (bicyclic) bond motifs is 6. The first-order valence-corrected chi connectivity index (χ1v) is 18.2. The van der Waals surface area contributed by atoms with Crippen molar-refractivity contribution in [1.29, 1.82) is 0 Å². The van der Waals surface area contributed by atoms with Gasteiger partial charge in [0.2, 0.25) is 5.89 Å². The van der Waals surface area contributed by atoms with Crippen molar-refractivity contribution in [2.45, 2.75) is 19.3 Å². The molecule has 1 aliphatic rings. The van der Waals surface area contributed by atoms with Crippen LogP contribution >= 0.6 is 0 Å². The van der Waals surface area contributed by atoms with Gasteiger partial charge in [0.25, 0.3) is 0 Å². The van der Waals surface area contributed by atoms with Crippen LogP contribution in [0.3, 0.4) is 0 Å². The van der Waals surface area contributed by atoms with Gasteiger partial charge in [-0.25, -0.2) is 4.98 Å². The Morgan fingerprint density at radius 1 is 0.453 bits per heavy atom. The summed E-state index contributed by atoms with van der Waals surface area (Å²) in [7, 11) is 0. The Kier molecular flexibility index (Phi) is 7.16. The predicted octanol–water partition coefficient (Wildman–Crippen LogP) is 13.8. The molecule has 0 aliphatic heterocycles. The molecule has 53 heavy (non-hydrogen) atoms.